The van der Waals surface area contributed by atoms with Gasteiger partial charge in [0.1, 0.15) is 12.1 Å². The Kier molecular flexibility index (Phi) is 3.01. The number of halogens is 3. The zero-order valence-electron chi connectivity index (χ0n) is 10.4. The van der Waals surface area contributed by atoms with Crippen LogP contribution in [0.3, 0.4) is 0 Å². The lowest BCUT2D eigenvalue weighted by Crippen LogP contribution is -2.18. The van der Waals surface area contributed by atoms with Crippen LogP contribution in [0.25, 0.3) is 11.4 Å². The highest BCUT2D eigenvalue weighted by atomic mass is 19.4. The lowest BCUT2D eigenvalue weighted by Gasteiger charge is -2.17. The summed E-state index contributed by atoms with van der Waals surface area (Å²) in [6, 6.07) is 5.19. The van der Waals surface area contributed by atoms with Gasteiger partial charge in [-0.2, -0.15) is 13.2 Å². The van der Waals surface area contributed by atoms with Crippen molar-refractivity contribution in [1.29, 1.82) is 0 Å². The molecule has 0 bridgehead atoms. The molecule has 4 nitrogen and oxygen atoms in total. The third-order valence-electron chi connectivity index (χ3n) is 3.32. The van der Waals surface area contributed by atoms with Crippen molar-refractivity contribution in [3.8, 4) is 11.4 Å². The Bertz CT molecular complexity index is 636. The van der Waals surface area contributed by atoms with Crippen LogP contribution in [0.5, 0.6) is 0 Å². The Hall–Kier alpha value is -1.89. The van der Waals surface area contributed by atoms with E-state index in [2.05, 4.69) is 10.1 Å². The Morgan fingerprint density at radius 1 is 1.25 bits per heavy atom. The van der Waals surface area contributed by atoms with Crippen molar-refractivity contribution in [3.63, 3.8) is 0 Å². The minimum atomic E-state index is -4.46. The number of nitrogens with zero attached hydrogens (tertiary/aromatic N) is 3. The smallest absolute Gasteiger partial charge is 0.372 e. The molecule has 0 aliphatic carbocycles. The van der Waals surface area contributed by atoms with Crippen molar-refractivity contribution in [1.82, 2.24) is 14.8 Å². The summed E-state index contributed by atoms with van der Waals surface area (Å²) in [6.07, 6.45) is -3.37. The molecule has 1 N–H and O–H groups in total. The second-order valence-electron chi connectivity index (χ2n) is 4.71. The summed E-state index contributed by atoms with van der Waals surface area (Å²) in [5, 5.41) is 13.8. The average molecular weight is 283 g/mol. The monoisotopic (exact) mass is 283 g/mol. The molecular formula is C13H12F3N3O. The number of benzene rings is 1. The van der Waals surface area contributed by atoms with Crippen molar-refractivity contribution >= 4 is 0 Å². The first-order chi connectivity index (χ1) is 9.47. The molecule has 0 saturated carbocycles. The van der Waals surface area contributed by atoms with Crippen molar-refractivity contribution in [2.45, 2.75) is 31.7 Å². The Morgan fingerprint density at radius 2 is 2.00 bits per heavy atom. The van der Waals surface area contributed by atoms with Gasteiger partial charge in [-0.15, -0.1) is 5.10 Å². The van der Waals surface area contributed by atoms with Crippen molar-refractivity contribution in [3.05, 3.63) is 35.7 Å². The van der Waals surface area contributed by atoms with Crippen LogP contribution in [0, 0.1) is 0 Å². The summed E-state index contributed by atoms with van der Waals surface area (Å²) in [6.45, 7) is 0. The molecule has 3 rings (SSSR count). The first-order valence-electron chi connectivity index (χ1n) is 6.27. The molecule has 0 radical (unpaired) electrons. The van der Waals surface area contributed by atoms with Gasteiger partial charge in [-0.05, 0) is 18.9 Å². The predicted octanol–water partition coefficient (Wildman–Crippen LogP) is 2.79. The van der Waals surface area contributed by atoms with E-state index < -0.39 is 18.0 Å². The molecule has 1 atom stereocenters. The molecule has 2 heterocycles. The second kappa shape index (κ2) is 4.59. The van der Waals surface area contributed by atoms with Gasteiger partial charge in [0, 0.05) is 12.0 Å². The number of aliphatic hydroxyl groups is 1. The van der Waals surface area contributed by atoms with Crippen LogP contribution in [0.4, 0.5) is 13.2 Å². The summed E-state index contributed by atoms with van der Waals surface area (Å²) >= 11 is 0. The molecule has 1 aliphatic rings. The summed E-state index contributed by atoms with van der Waals surface area (Å²) in [4.78, 5) is 4.14. The van der Waals surface area contributed by atoms with Crippen molar-refractivity contribution in [2.75, 3.05) is 0 Å². The maximum absolute atomic E-state index is 13.0. The lowest BCUT2D eigenvalue weighted by molar-refractivity contribution is -0.137. The molecule has 1 aromatic carbocycles. The topological polar surface area (TPSA) is 50.9 Å². The van der Waals surface area contributed by atoms with Crippen LogP contribution in [0.1, 0.15) is 30.5 Å². The van der Waals surface area contributed by atoms with Gasteiger partial charge in [0.25, 0.3) is 0 Å². The van der Waals surface area contributed by atoms with Gasteiger partial charge in [0.15, 0.2) is 5.82 Å². The van der Waals surface area contributed by atoms with Gasteiger partial charge in [0.05, 0.1) is 5.56 Å². The van der Waals surface area contributed by atoms with E-state index in [1.165, 1.54) is 22.9 Å². The third-order valence-corrected chi connectivity index (χ3v) is 3.32. The van der Waals surface area contributed by atoms with Crippen LogP contribution in [0.2, 0.25) is 0 Å². The maximum atomic E-state index is 13.0. The fraction of sp³-hybridized carbons (Fsp3) is 0.385. The Morgan fingerprint density at radius 3 is 2.70 bits per heavy atom. The minimum Gasteiger partial charge on any atom is -0.372 e. The molecule has 0 fully saturated rings. The van der Waals surface area contributed by atoms with E-state index >= 15 is 0 Å². The minimum absolute atomic E-state index is 0.00822. The van der Waals surface area contributed by atoms with Gasteiger partial charge in [-0.3, -0.25) is 0 Å². The van der Waals surface area contributed by atoms with Crippen molar-refractivity contribution in [2.24, 2.45) is 0 Å². The normalized spacial score (nSPS) is 18.9. The van der Waals surface area contributed by atoms with E-state index in [0.29, 0.717) is 18.7 Å². The van der Waals surface area contributed by atoms with E-state index in [0.717, 1.165) is 12.5 Å². The zero-order chi connectivity index (χ0) is 14.3. The van der Waals surface area contributed by atoms with Crippen LogP contribution < -0.4 is 0 Å². The molecular weight excluding hydrogens is 271 g/mol. The summed E-state index contributed by atoms with van der Waals surface area (Å²) in [5.41, 5.74) is -0.827. The van der Waals surface area contributed by atoms with E-state index in [4.69, 9.17) is 0 Å². The summed E-state index contributed by atoms with van der Waals surface area (Å²) in [7, 11) is 0. The summed E-state index contributed by atoms with van der Waals surface area (Å²) < 4.78 is 40.3. The highest BCUT2D eigenvalue weighted by Crippen LogP contribution is 2.36. The first-order valence-corrected chi connectivity index (χ1v) is 6.27. The van der Waals surface area contributed by atoms with E-state index in [1.54, 1.807) is 0 Å². The molecule has 1 aliphatic heterocycles. The number of fused-ring (bicyclic) bond motifs is 1. The van der Waals surface area contributed by atoms with Crippen LogP contribution in [-0.2, 0) is 12.6 Å². The molecule has 0 saturated heterocycles. The number of aromatic nitrogens is 3. The predicted molar refractivity (Wildman–Crippen MR) is 64.7 cm³/mol. The molecule has 106 valence electrons. The molecule has 20 heavy (non-hydrogen) atoms. The molecule has 0 amide bonds. The second-order valence-corrected chi connectivity index (χ2v) is 4.71. The number of rotatable bonds is 1. The van der Waals surface area contributed by atoms with Gasteiger partial charge in [0.2, 0.25) is 0 Å². The van der Waals surface area contributed by atoms with Crippen molar-refractivity contribution < 1.29 is 18.3 Å². The Labute approximate surface area is 112 Å². The standard InChI is InChI=1S/C13H12F3N3O/c14-13(15,16)9-5-2-1-4-8(9)12-17-10-6-3-7-11(20)19(10)18-12/h1-2,4-5,11,20H,3,6-7H2. The molecule has 7 heteroatoms. The SMILES string of the molecule is OC1CCCc2nc(-c3ccccc3C(F)(F)F)nn21. The number of hydrogen-bond acceptors (Lipinski definition) is 3. The molecule has 1 unspecified atom stereocenters. The van der Waals surface area contributed by atoms with Gasteiger partial charge in [-0.1, -0.05) is 18.2 Å². The zero-order valence-corrected chi connectivity index (χ0v) is 10.4. The summed E-state index contributed by atoms with van der Waals surface area (Å²) in [5.74, 6) is 0.532. The van der Waals surface area contributed by atoms with Crippen LogP contribution >= 0.6 is 0 Å². The number of alkyl halides is 3. The average Bonchev–Trinajstić information content (AvgIpc) is 2.83. The Balaban J connectivity index is 2.11. The van der Waals surface area contributed by atoms with Crippen LogP contribution in [0.15, 0.2) is 24.3 Å². The van der Waals surface area contributed by atoms with E-state index in [1.807, 2.05) is 0 Å². The highest BCUT2D eigenvalue weighted by molar-refractivity contribution is 5.60. The van der Waals surface area contributed by atoms with Gasteiger partial charge >= 0.3 is 6.18 Å². The van der Waals surface area contributed by atoms with Gasteiger partial charge < -0.3 is 5.11 Å². The molecule has 1 aromatic heterocycles. The molecule has 0 spiro atoms. The van der Waals surface area contributed by atoms with E-state index in [9.17, 15) is 18.3 Å². The molecule has 2 aromatic rings. The number of aryl methyl sites for hydroxylation is 1. The maximum Gasteiger partial charge on any atom is 0.417 e. The highest BCUT2D eigenvalue weighted by Gasteiger charge is 2.35. The van der Waals surface area contributed by atoms with E-state index in [-0.39, 0.29) is 11.4 Å². The fourth-order valence-corrected chi connectivity index (χ4v) is 2.37. The first kappa shape index (κ1) is 13.1. The van der Waals surface area contributed by atoms with Gasteiger partial charge in [-0.25, -0.2) is 9.67 Å². The lowest BCUT2D eigenvalue weighted by atomic mass is 10.1. The number of aliphatic hydroxyl groups excluding tert-OH is 1. The largest absolute Gasteiger partial charge is 0.417 e. The number of hydrogen-bond donors (Lipinski definition) is 1. The van der Waals surface area contributed by atoms with Crippen LogP contribution in [-0.4, -0.2) is 19.9 Å². The fourth-order valence-electron chi connectivity index (χ4n) is 2.37. The quantitative estimate of drug-likeness (QED) is 0.875. The third kappa shape index (κ3) is 2.18.